The highest BCUT2D eigenvalue weighted by molar-refractivity contribution is 6.31. The zero-order chi connectivity index (χ0) is 25.8. The van der Waals surface area contributed by atoms with Crippen LogP contribution in [0, 0.1) is 5.82 Å². The first kappa shape index (κ1) is 25.8. The minimum atomic E-state index is -1.19. The monoisotopic (exact) mass is 497 g/mol. The minimum absolute atomic E-state index is 0.108. The molecule has 1 aromatic rings. The predicted octanol–water partition coefficient (Wildman–Crippen LogP) is 2.70. The van der Waals surface area contributed by atoms with Crippen LogP contribution in [0.15, 0.2) is 46.6 Å². The van der Waals surface area contributed by atoms with E-state index < -0.39 is 11.9 Å². The summed E-state index contributed by atoms with van der Waals surface area (Å²) >= 11 is 0. The Morgan fingerprint density at radius 1 is 1.25 bits per heavy atom. The van der Waals surface area contributed by atoms with Crippen molar-refractivity contribution in [3.8, 4) is 0 Å². The fraction of sp³-hybridized carbons (Fsp3) is 0.444. The summed E-state index contributed by atoms with van der Waals surface area (Å²) < 4.78 is 19.1. The molecule has 0 unspecified atom stereocenters. The average molecular weight is 498 g/mol. The van der Waals surface area contributed by atoms with Gasteiger partial charge in [-0.1, -0.05) is 5.57 Å². The van der Waals surface area contributed by atoms with E-state index in [-0.39, 0.29) is 30.7 Å². The Bertz CT molecular complexity index is 1160. The van der Waals surface area contributed by atoms with Gasteiger partial charge in [-0.25, -0.2) is 4.39 Å². The number of aliphatic hydroxyl groups is 1. The van der Waals surface area contributed by atoms with Gasteiger partial charge >= 0.3 is 0 Å². The summed E-state index contributed by atoms with van der Waals surface area (Å²) in [5.74, 6) is -1.36. The average Bonchev–Trinajstić information content (AvgIpc) is 3.08. The molecule has 3 aliphatic rings. The summed E-state index contributed by atoms with van der Waals surface area (Å²) in [6.07, 6.45) is 2.88. The summed E-state index contributed by atoms with van der Waals surface area (Å²) in [6.45, 7) is 5.72. The standard InChI is InChI=1S/C27H32FN3O5/c1-16-4-3-5-18(14-21-20-15-19(28)6-7-22(20)30-25(21)33)17(2)24(16)26(34)29-9-8-23(32)27(35)31-10-12-36-13-11-31/h6-7,14-15,23,32H,3-5,8-13H2,1-2H3,(H,29,34)(H,30,33)/b21-14-/t23-/m0/s1. The van der Waals surface area contributed by atoms with Crippen LogP contribution in [-0.2, 0) is 19.1 Å². The number of allylic oxidation sites excluding steroid dienone is 3. The summed E-state index contributed by atoms with van der Waals surface area (Å²) in [5, 5.41) is 15.9. The predicted molar refractivity (Wildman–Crippen MR) is 133 cm³/mol. The number of carbonyl (C=O) groups is 3. The number of morpholine rings is 1. The van der Waals surface area contributed by atoms with Crippen LogP contribution >= 0.6 is 0 Å². The van der Waals surface area contributed by atoms with Gasteiger partial charge in [0, 0.05) is 42.0 Å². The lowest BCUT2D eigenvalue weighted by molar-refractivity contribution is -0.144. The number of rotatable bonds is 6. The molecule has 1 atom stereocenters. The normalized spacial score (nSPS) is 20.3. The molecule has 2 aliphatic heterocycles. The molecular formula is C27H32FN3O5. The number of nitrogens with zero attached hydrogens (tertiary/aromatic N) is 1. The van der Waals surface area contributed by atoms with Gasteiger partial charge in [0.05, 0.1) is 13.2 Å². The molecule has 1 fully saturated rings. The zero-order valence-electron chi connectivity index (χ0n) is 20.7. The first-order valence-corrected chi connectivity index (χ1v) is 12.3. The number of halogens is 1. The topological polar surface area (TPSA) is 108 Å². The SMILES string of the molecule is CC1=C(C(=O)NCC[C@H](O)C(=O)N2CCOCC2)C(C)=C(/C=C2\C(=O)Nc3ccc(F)cc32)CCC1. The van der Waals surface area contributed by atoms with Gasteiger partial charge in [-0.3, -0.25) is 14.4 Å². The molecule has 1 aliphatic carbocycles. The number of hydrogen-bond donors (Lipinski definition) is 3. The van der Waals surface area contributed by atoms with Crippen LogP contribution in [-0.4, -0.2) is 66.7 Å². The second-order valence-corrected chi connectivity index (χ2v) is 9.36. The maximum Gasteiger partial charge on any atom is 0.256 e. The largest absolute Gasteiger partial charge is 0.383 e. The highest BCUT2D eigenvalue weighted by Crippen LogP contribution is 2.36. The summed E-state index contributed by atoms with van der Waals surface area (Å²) in [4.78, 5) is 39.7. The van der Waals surface area contributed by atoms with E-state index in [1.165, 1.54) is 12.1 Å². The fourth-order valence-corrected chi connectivity index (χ4v) is 4.89. The van der Waals surface area contributed by atoms with E-state index >= 15 is 0 Å². The number of ether oxygens (including phenoxy) is 1. The van der Waals surface area contributed by atoms with E-state index in [1.54, 1.807) is 17.0 Å². The van der Waals surface area contributed by atoms with Crippen LogP contribution in [0.5, 0.6) is 0 Å². The third-order valence-electron chi connectivity index (χ3n) is 6.90. The Hall–Kier alpha value is -3.30. The molecule has 192 valence electrons. The number of benzene rings is 1. The molecule has 36 heavy (non-hydrogen) atoms. The Morgan fingerprint density at radius 3 is 2.75 bits per heavy atom. The van der Waals surface area contributed by atoms with Gasteiger partial charge in [-0.15, -0.1) is 0 Å². The van der Waals surface area contributed by atoms with Crippen LogP contribution in [0.3, 0.4) is 0 Å². The van der Waals surface area contributed by atoms with Crippen molar-refractivity contribution in [3.05, 3.63) is 57.9 Å². The lowest BCUT2D eigenvalue weighted by atomic mass is 9.95. The molecule has 2 heterocycles. The molecule has 8 nitrogen and oxygen atoms in total. The van der Waals surface area contributed by atoms with Gasteiger partial charge in [-0.05, 0) is 75.0 Å². The molecule has 9 heteroatoms. The number of aliphatic hydroxyl groups excluding tert-OH is 1. The third-order valence-corrected chi connectivity index (χ3v) is 6.90. The van der Waals surface area contributed by atoms with Gasteiger partial charge < -0.3 is 25.4 Å². The molecule has 1 saturated heterocycles. The van der Waals surface area contributed by atoms with E-state index in [2.05, 4.69) is 10.6 Å². The molecule has 0 radical (unpaired) electrons. The number of nitrogens with one attached hydrogen (secondary N) is 2. The number of anilines is 1. The number of carbonyl (C=O) groups excluding carboxylic acids is 3. The Morgan fingerprint density at radius 2 is 2.00 bits per heavy atom. The lowest BCUT2D eigenvalue weighted by Crippen LogP contribution is -2.46. The van der Waals surface area contributed by atoms with Crippen molar-refractivity contribution >= 4 is 29.0 Å². The molecule has 4 rings (SSSR count). The lowest BCUT2D eigenvalue weighted by Gasteiger charge is -2.28. The molecule has 3 N–H and O–H groups in total. The number of hydrogen-bond acceptors (Lipinski definition) is 5. The van der Waals surface area contributed by atoms with Crippen molar-refractivity contribution in [2.24, 2.45) is 0 Å². The Balaban J connectivity index is 1.48. The van der Waals surface area contributed by atoms with Crippen molar-refractivity contribution in [2.45, 2.75) is 45.6 Å². The number of fused-ring (bicyclic) bond motifs is 1. The molecule has 0 spiro atoms. The smallest absolute Gasteiger partial charge is 0.256 e. The van der Waals surface area contributed by atoms with Crippen LogP contribution in [0.2, 0.25) is 0 Å². The fourth-order valence-electron chi connectivity index (χ4n) is 4.89. The highest BCUT2D eigenvalue weighted by atomic mass is 19.1. The zero-order valence-corrected chi connectivity index (χ0v) is 20.7. The van der Waals surface area contributed by atoms with Crippen molar-refractivity contribution in [1.29, 1.82) is 0 Å². The van der Waals surface area contributed by atoms with Crippen LogP contribution in [0.1, 0.15) is 45.1 Å². The van der Waals surface area contributed by atoms with Gasteiger partial charge in [0.25, 0.3) is 17.7 Å². The first-order chi connectivity index (χ1) is 17.3. The van der Waals surface area contributed by atoms with Gasteiger partial charge in [-0.2, -0.15) is 0 Å². The second kappa shape index (κ2) is 11.2. The maximum atomic E-state index is 13.8. The van der Waals surface area contributed by atoms with Gasteiger partial charge in [0.1, 0.15) is 11.9 Å². The Labute approximate surface area is 209 Å². The third kappa shape index (κ3) is 5.57. The molecular weight excluding hydrogens is 465 g/mol. The molecule has 0 bridgehead atoms. The van der Waals surface area contributed by atoms with Crippen LogP contribution < -0.4 is 10.6 Å². The maximum absolute atomic E-state index is 13.8. The van der Waals surface area contributed by atoms with Gasteiger partial charge in [0.15, 0.2) is 0 Å². The van der Waals surface area contributed by atoms with Crippen LogP contribution in [0.4, 0.5) is 10.1 Å². The summed E-state index contributed by atoms with van der Waals surface area (Å²) in [6, 6.07) is 4.18. The van der Waals surface area contributed by atoms with Crippen molar-refractivity contribution in [2.75, 3.05) is 38.2 Å². The molecule has 0 aromatic heterocycles. The van der Waals surface area contributed by atoms with Crippen molar-refractivity contribution in [3.63, 3.8) is 0 Å². The van der Waals surface area contributed by atoms with E-state index in [1.807, 2.05) is 13.8 Å². The van der Waals surface area contributed by atoms with E-state index in [4.69, 9.17) is 4.74 Å². The highest BCUT2D eigenvalue weighted by Gasteiger charge is 2.27. The van der Waals surface area contributed by atoms with Crippen LogP contribution in [0.25, 0.3) is 5.57 Å². The molecule has 3 amide bonds. The van der Waals surface area contributed by atoms with Crippen molar-refractivity contribution < 1.29 is 28.6 Å². The van der Waals surface area contributed by atoms with E-state index in [9.17, 15) is 23.9 Å². The first-order valence-electron chi connectivity index (χ1n) is 12.3. The molecule has 0 saturated carbocycles. The summed E-state index contributed by atoms with van der Waals surface area (Å²) in [7, 11) is 0. The quantitative estimate of drug-likeness (QED) is 0.524. The summed E-state index contributed by atoms with van der Waals surface area (Å²) in [5.41, 5.74) is 4.55. The second-order valence-electron chi connectivity index (χ2n) is 9.36. The van der Waals surface area contributed by atoms with Gasteiger partial charge in [0.2, 0.25) is 0 Å². The molecule has 1 aromatic carbocycles. The minimum Gasteiger partial charge on any atom is -0.383 e. The van der Waals surface area contributed by atoms with Crippen molar-refractivity contribution in [1.82, 2.24) is 10.2 Å². The van der Waals surface area contributed by atoms with E-state index in [0.717, 1.165) is 29.6 Å². The van der Waals surface area contributed by atoms with E-state index in [0.29, 0.717) is 55.1 Å². The number of amides is 3. The Kier molecular flexibility index (Phi) is 8.01.